The number of benzene rings is 2. The Morgan fingerprint density at radius 2 is 1.79 bits per heavy atom. The summed E-state index contributed by atoms with van der Waals surface area (Å²) in [7, 11) is 1.57. The van der Waals surface area contributed by atoms with Crippen LogP contribution in [-0.4, -0.2) is 36.5 Å². The minimum Gasteiger partial charge on any atom is -0.497 e. The maximum absolute atomic E-state index is 12.7. The number of aromatic nitrogens is 1. The average molecular weight is 393 g/mol. The molecule has 2 aromatic carbocycles. The van der Waals surface area contributed by atoms with E-state index in [0.717, 1.165) is 16.5 Å². The summed E-state index contributed by atoms with van der Waals surface area (Å²) in [6, 6.07) is 14.3. The molecular weight excluding hydrogens is 366 g/mol. The van der Waals surface area contributed by atoms with E-state index in [-0.39, 0.29) is 17.7 Å². The summed E-state index contributed by atoms with van der Waals surface area (Å²) in [5, 5.41) is 6.96. The third-order valence-electron chi connectivity index (χ3n) is 4.96. The summed E-state index contributed by atoms with van der Waals surface area (Å²) in [5.41, 5.74) is 2.73. The number of amides is 2. The Balaban J connectivity index is 1.58. The predicted octanol–water partition coefficient (Wildman–Crippen LogP) is 3.29. The fraction of sp³-hybridized carbons (Fsp3) is 0.304. The molecule has 152 valence electrons. The third-order valence-corrected chi connectivity index (χ3v) is 4.96. The number of fused-ring (bicyclic) bond motifs is 1. The lowest BCUT2D eigenvalue weighted by Crippen LogP contribution is -2.50. The summed E-state index contributed by atoms with van der Waals surface area (Å²) in [6.07, 6.45) is 2.69. The molecule has 6 nitrogen and oxygen atoms in total. The van der Waals surface area contributed by atoms with E-state index < -0.39 is 6.04 Å². The molecule has 0 spiro atoms. The number of aromatic amines is 1. The molecule has 0 aliphatic carbocycles. The number of hydrogen-bond acceptors (Lipinski definition) is 3. The fourth-order valence-corrected chi connectivity index (χ4v) is 3.27. The molecule has 0 unspecified atom stereocenters. The number of ether oxygens (including phenoxy) is 1. The lowest BCUT2D eigenvalue weighted by Gasteiger charge is -2.22. The van der Waals surface area contributed by atoms with Gasteiger partial charge in [0.25, 0.3) is 5.91 Å². The quantitative estimate of drug-likeness (QED) is 0.549. The number of hydrogen-bond donors (Lipinski definition) is 3. The highest BCUT2D eigenvalue weighted by atomic mass is 16.5. The van der Waals surface area contributed by atoms with Crippen LogP contribution in [0.25, 0.3) is 10.9 Å². The molecule has 0 saturated heterocycles. The van der Waals surface area contributed by atoms with Gasteiger partial charge in [0.05, 0.1) is 7.11 Å². The van der Waals surface area contributed by atoms with Gasteiger partial charge in [0.2, 0.25) is 5.91 Å². The Bertz CT molecular complexity index is 976. The molecule has 0 saturated carbocycles. The smallest absolute Gasteiger partial charge is 0.251 e. The Kier molecular flexibility index (Phi) is 6.54. The highest BCUT2D eigenvalue weighted by Gasteiger charge is 2.24. The van der Waals surface area contributed by atoms with Gasteiger partial charge in [0.1, 0.15) is 11.8 Å². The molecule has 0 aliphatic heterocycles. The number of H-pyrrole nitrogens is 1. The molecule has 0 bridgehead atoms. The molecule has 29 heavy (non-hydrogen) atoms. The number of para-hydroxylation sites is 1. The van der Waals surface area contributed by atoms with Crippen molar-refractivity contribution in [3.8, 4) is 5.75 Å². The molecule has 3 N–H and O–H groups in total. The summed E-state index contributed by atoms with van der Waals surface area (Å²) < 4.78 is 5.11. The van der Waals surface area contributed by atoms with Crippen molar-refractivity contribution in [1.29, 1.82) is 0 Å². The second-order valence-corrected chi connectivity index (χ2v) is 7.32. The topological polar surface area (TPSA) is 83.2 Å². The summed E-state index contributed by atoms with van der Waals surface area (Å²) in [6.45, 7) is 4.33. The molecule has 0 radical (unpaired) electrons. The number of rotatable bonds is 8. The number of nitrogens with one attached hydrogen (secondary N) is 3. The Labute approximate surface area is 170 Å². The monoisotopic (exact) mass is 393 g/mol. The van der Waals surface area contributed by atoms with E-state index >= 15 is 0 Å². The SMILES string of the molecule is COc1ccc(C(=O)N[C@@H](C(=O)NCCc2c[nH]c3ccccc23)C(C)C)cc1. The van der Waals surface area contributed by atoms with Gasteiger partial charge in [-0.25, -0.2) is 0 Å². The van der Waals surface area contributed by atoms with Crippen LogP contribution in [0.3, 0.4) is 0 Å². The predicted molar refractivity (Wildman–Crippen MR) is 114 cm³/mol. The van der Waals surface area contributed by atoms with E-state index in [4.69, 9.17) is 4.74 Å². The van der Waals surface area contributed by atoms with Gasteiger partial charge in [0.15, 0.2) is 0 Å². The molecule has 2 amide bonds. The Morgan fingerprint density at radius 3 is 2.48 bits per heavy atom. The largest absolute Gasteiger partial charge is 0.497 e. The van der Waals surface area contributed by atoms with Gasteiger partial charge in [0, 0.05) is 29.2 Å². The van der Waals surface area contributed by atoms with Crippen LogP contribution in [0, 0.1) is 5.92 Å². The van der Waals surface area contributed by atoms with Crippen molar-refractivity contribution in [3.05, 3.63) is 65.9 Å². The highest BCUT2D eigenvalue weighted by molar-refractivity contribution is 5.97. The first-order valence-corrected chi connectivity index (χ1v) is 9.77. The van der Waals surface area contributed by atoms with Gasteiger partial charge in [-0.1, -0.05) is 32.0 Å². The summed E-state index contributed by atoms with van der Waals surface area (Å²) in [5.74, 6) is 0.183. The zero-order valence-electron chi connectivity index (χ0n) is 17.0. The number of carbonyl (C=O) groups excluding carboxylic acids is 2. The number of methoxy groups -OCH3 is 1. The molecule has 3 aromatic rings. The first-order valence-electron chi connectivity index (χ1n) is 9.77. The fourth-order valence-electron chi connectivity index (χ4n) is 3.27. The van der Waals surface area contributed by atoms with Crippen molar-refractivity contribution in [1.82, 2.24) is 15.6 Å². The van der Waals surface area contributed by atoms with Crippen LogP contribution in [0.5, 0.6) is 5.75 Å². The molecule has 3 rings (SSSR count). The van der Waals surface area contributed by atoms with Gasteiger partial charge >= 0.3 is 0 Å². The van der Waals surface area contributed by atoms with Crippen molar-refractivity contribution >= 4 is 22.7 Å². The zero-order valence-corrected chi connectivity index (χ0v) is 17.0. The van der Waals surface area contributed by atoms with Crippen molar-refractivity contribution in [2.45, 2.75) is 26.3 Å². The van der Waals surface area contributed by atoms with Crippen LogP contribution < -0.4 is 15.4 Å². The normalized spacial score (nSPS) is 12.0. The van der Waals surface area contributed by atoms with Crippen molar-refractivity contribution in [2.24, 2.45) is 5.92 Å². The van der Waals surface area contributed by atoms with E-state index in [1.807, 2.05) is 38.2 Å². The van der Waals surface area contributed by atoms with Crippen LogP contribution in [0.4, 0.5) is 0 Å². The molecule has 1 heterocycles. The lowest BCUT2D eigenvalue weighted by atomic mass is 10.0. The van der Waals surface area contributed by atoms with Gasteiger partial charge in [-0.3, -0.25) is 9.59 Å². The van der Waals surface area contributed by atoms with Gasteiger partial charge in [-0.2, -0.15) is 0 Å². The average Bonchev–Trinajstić information content (AvgIpc) is 3.14. The highest BCUT2D eigenvalue weighted by Crippen LogP contribution is 2.18. The Hall–Kier alpha value is -3.28. The molecule has 1 aromatic heterocycles. The van der Waals surface area contributed by atoms with Crippen LogP contribution in [0.1, 0.15) is 29.8 Å². The first-order chi connectivity index (χ1) is 14.0. The molecule has 1 atom stereocenters. The molecule has 0 aliphatic rings. The van der Waals surface area contributed by atoms with Crippen LogP contribution in [0.2, 0.25) is 0 Å². The summed E-state index contributed by atoms with van der Waals surface area (Å²) in [4.78, 5) is 28.5. The van der Waals surface area contributed by atoms with Crippen molar-refractivity contribution in [3.63, 3.8) is 0 Å². The van der Waals surface area contributed by atoms with E-state index in [0.29, 0.717) is 24.3 Å². The Morgan fingerprint density at radius 1 is 1.07 bits per heavy atom. The standard InChI is InChI=1S/C23H27N3O3/c1-15(2)21(26-22(27)16-8-10-18(29-3)11-9-16)23(28)24-13-12-17-14-25-20-7-5-4-6-19(17)20/h4-11,14-15,21,25H,12-13H2,1-3H3,(H,24,28)(H,26,27)/t21-/m1/s1. The second kappa shape index (κ2) is 9.28. The van der Waals surface area contributed by atoms with Crippen LogP contribution in [0.15, 0.2) is 54.7 Å². The number of carbonyl (C=O) groups is 2. The lowest BCUT2D eigenvalue weighted by molar-refractivity contribution is -0.123. The van der Waals surface area contributed by atoms with Crippen LogP contribution in [-0.2, 0) is 11.2 Å². The maximum atomic E-state index is 12.7. The van der Waals surface area contributed by atoms with Gasteiger partial charge in [-0.15, -0.1) is 0 Å². The minimum atomic E-state index is -0.604. The minimum absolute atomic E-state index is 0.0368. The van der Waals surface area contributed by atoms with E-state index in [1.54, 1.807) is 31.4 Å². The molecule has 0 fully saturated rings. The van der Waals surface area contributed by atoms with Gasteiger partial charge < -0.3 is 20.4 Å². The van der Waals surface area contributed by atoms with E-state index in [1.165, 1.54) is 0 Å². The second-order valence-electron chi connectivity index (χ2n) is 7.32. The van der Waals surface area contributed by atoms with E-state index in [2.05, 4.69) is 21.7 Å². The van der Waals surface area contributed by atoms with E-state index in [9.17, 15) is 9.59 Å². The van der Waals surface area contributed by atoms with Gasteiger partial charge in [-0.05, 0) is 48.2 Å². The molecular formula is C23H27N3O3. The third kappa shape index (κ3) is 4.96. The molecule has 6 heteroatoms. The summed E-state index contributed by atoms with van der Waals surface area (Å²) >= 11 is 0. The van der Waals surface area contributed by atoms with Crippen molar-refractivity contribution < 1.29 is 14.3 Å². The zero-order chi connectivity index (χ0) is 20.8. The maximum Gasteiger partial charge on any atom is 0.251 e. The first kappa shape index (κ1) is 20.5. The van der Waals surface area contributed by atoms with Crippen molar-refractivity contribution in [2.75, 3.05) is 13.7 Å². The van der Waals surface area contributed by atoms with Crippen LogP contribution >= 0.6 is 0 Å².